The number of phosphoric acid groups is 2. The van der Waals surface area contributed by atoms with Gasteiger partial charge in [-0.15, -0.1) is 0 Å². The van der Waals surface area contributed by atoms with Crippen LogP contribution in [0.25, 0.3) is 0 Å². The summed E-state index contributed by atoms with van der Waals surface area (Å²) in [6.45, 7) is 9.34. The zero-order valence-electron chi connectivity index (χ0n) is 52.1. The number of aliphatic hydroxyl groups excluding tert-OH is 1. The van der Waals surface area contributed by atoms with Crippen molar-refractivity contribution in [3.8, 4) is 0 Å². The predicted molar refractivity (Wildman–Crippen MR) is 321 cm³/mol. The highest BCUT2D eigenvalue weighted by molar-refractivity contribution is 7.47. The molecule has 3 N–H and O–H groups in total. The van der Waals surface area contributed by atoms with Crippen molar-refractivity contribution in [3.63, 3.8) is 0 Å². The Bertz CT molecular complexity index is 1600. The first-order chi connectivity index (χ1) is 38.9. The Balaban J connectivity index is 5.24. The Morgan fingerprint density at radius 3 is 0.938 bits per heavy atom. The number of esters is 4. The van der Waals surface area contributed by atoms with Crippen LogP contribution in [0.2, 0.25) is 0 Å². The van der Waals surface area contributed by atoms with E-state index < -0.39 is 97.5 Å². The standard InChI is InChI=1S/C62H120O17P2/c1-7-10-12-14-16-18-20-22-24-32-38-44-59(64)72-50-57(78-61(66)46-40-34-25-23-21-19-17-15-13-11-8-2)52-76-80(68,69)74-48-56(63)49-75-81(70,71)77-53-58(51-73-60(65)45-39-33-28-26-30-36-42-54(4)5)79-62(67)47-41-35-29-27-31-37-43-55(6)9-3/h54-58,63H,7-53H2,1-6H3,(H,68,69)(H,70,71)/t55?,56-,57-,58-/m1/s1. The van der Waals surface area contributed by atoms with Crippen molar-refractivity contribution in [1.29, 1.82) is 0 Å². The number of phosphoric ester groups is 2. The number of carbonyl (C=O) groups excluding carboxylic acids is 4. The molecule has 6 atom stereocenters. The second-order valence-corrected chi connectivity index (χ2v) is 26.1. The van der Waals surface area contributed by atoms with Crippen molar-refractivity contribution in [2.75, 3.05) is 39.6 Å². The van der Waals surface area contributed by atoms with E-state index in [0.29, 0.717) is 31.6 Å². The molecule has 0 saturated carbocycles. The fourth-order valence-corrected chi connectivity index (χ4v) is 10.7. The van der Waals surface area contributed by atoms with Gasteiger partial charge in [-0.1, -0.05) is 253 Å². The van der Waals surface area contributed by atoms with Crippen LogP contribution in [0, 0.1) is 11.8 Å². The van der Waals surface area contributed by atoms with Crippen molar-refractivity contribution in [2.45, 2.75) is 323 Å². The lowest BCUT2D eigenvalue weighted by Crippen LogP contribution is -2.30. The fourth-order valence-electron chi connectivity index (χ4n) is 9.15. The largest absolute Gasteiger partial charge is 0.472 e. The summed E-state index contributed by atoms with van der Waals surface area (Å²) in [5.41, 5.74) is 0. The highest BCUT2D eigenvalue weighted by Crippen LogP contribution is 2.45. The molecule has 0 aliphatic rings. The van der Waals surface area contributed by atoms with Gasteiger partial charge in [0, 0.05) is 25.7 Å². The normalized spacial score (nSPS) is 14.7. The lowest BCUT2D eigenvalue weighted by molar-refractivity contribution is -0.161. The van der Waals surface area contributed by atoms with Crippen LogP contribution < -0.4 is 0 Å². The van der Waals surface area contributed by atoms with Gasteiger partial charge in [0.1, 0.15) is 19.3 Å². The van der Waals surface area contributed by atoms with Gasteiger partial charge in [-0.3, -0.25) is 37.3 Å². The van der Waals surface area contributed by atoms with Crippen LogP contribution in [0.15, 0.2) is 0 Å². The molecule has 0 fully saturated rings. The molecule has 3 unspecified atom stereocenters. The topological polar surface area (TPSA) is 237 Å². The minimum absolute atomic E-state index is 0.102. The summed E-state index contributed by atoms with van der Waals surface area (Å²) < 4.78 is 67.9. The molecule has 0 rings (SSSR count). The third kappa shape index (κ3) is 55.7. The Labute approximate surface area is 492 Å². The van der Waals surface area contributed by atoms with Gasteiger partial charge in [-0.2, -0.15) is 0 Å². The number of ether oxygens (including phenoxy) is 4. The number of hydrogen-bond acceptors (Lipinski definition) is 15. The zero-order chi connectivity index (χ0) is 60.1. The van der Waals surface area contributed by atoms with Crippen LogP contribution >= 0.6 is 15.6 Å². The third-order valence-corrected chi connectivity index (χ3v) is 16.5. The molecule has 0 saturated heterocycles. The van der Waals surface area contributed by atoms with Gasteiger partial charge in [0.25, 0.3) is 0 Å². The molecule has 0 aliphatic heterocycles. The number of carbonyl (C=O) groups is 4. The number of hydrogen-bond donors (Lipinski definition) is 3. The van der Waals surface area contributed by atoms with Crippen LogP contribution in [0.3, 0.4) is 0 Å². The van der Waals surface area contributed by atoms with Crippen molar-refractivity contribution >= 4 is 39.5 Å². The predicted octanol–water partition coefficient (Wildman–Crippen LogP) is 16.9. The van der Waals surface area contributed by atoms with E-state index in [1.165, 1.54) is 116 Å². The maximum Gasteiger partial charge on any atom is 0.472 e. The lowest BCUT2D eigenvalue weighted by atomic mass is 10.00. The van der Waals surface area contributed by atoms with Crippen molar-refractivity contribution in [2.24, 2.45) is 11.8 Å². The first-order valence-electron chi connectivity index (χ1n) is 32.5. The maximum absolute atomic E-state index is 12.9. The Kier molecular flexibility index (Phi) is 53.4. The summed E-state index contributed by atoms with van der Waals surface area (Å²) >= 11 is 0. The van der Waals surface area contributed by atoms with Crippen LogP contribution in [0.4, 0.5) is 0 Å². The monoisotopic (exact) mass is 1200 g/mol. The van der Waals surface area contributed by atoms with Crippen molar-refractivity contribution < 1.29 is 80.2 Å². The highest BCUT2D eigenvalue weighted by atomic mass is 31.2. The van der Waals surface area contributed by atoms with E-state index in [1.807, 2.05) is 0 Å². The minimum Gasteiger partial charge on any atom is -0.462 e. The highest BCUT2D eigenvalue weighted by Gasteiger charge is 2.30. The van der Waals surface area contributed by atoms with Gasteiger partial charge in [0.2, 0.25) is 0 Å². The SMILES string of the molecule is CCCCCCCCCCCCCC(=O)OC[C@H](COP(=O)(O)OC[C@@H](O)COP(=O)(O)OC[C@@H](COC(=O)CCCCCCCCC(C)C)OC(=O)CCCCCCCCC(C)CC)OC(=O)CCCCCCCCCCCCC. The molecule has 17 nitrogen and oxygen atoms in total. The maximum atomic E-state index is 12.9. The summed E-state index contributed by atoms with van der Waals surface area (Å²) in [6.07, 6.45) is 36.3. The molecule has 81 heavy (non-hydrogen) atoms. The average Bonchev–Trinajstić information content (AvgIpc) is 3.43. The van der Waals surface area contributed by atoms with Gasteiger partial charge in [0.05, 0.1) is 26.4 Å². The van der Waals surface area contributed by atoms with Crippen LogP contribution in [-0.4, -0.2) is 96.7 Å². The number of unbranched alkanes of at least 4 members (excludes halogenated alkanes) is 30. The van der Waals surface area contributed by atoms with E-state index >= 15 is 0 Å². The zero-order valence-corrected chi connectivity index (χ0v) is 53.9. The Morgan fingerprint density at radius 1 is 0.358 bits per heavy atom. The van der Waals surface area contributed by atoms with E-state index in [9.17, 15) is 43.2 Å². The van der Waals surface area contributed by atoms with E-state index in [4.69, 9.17) is 37.0 Å². The van der Waals surface area contributed by atoms with Crippen LogP contribution in [-0.2, 0) is 65.4 Å². The van der Waals surface area contributed by atoms with E-state index in [1.54, 1.807) is 0 Å². The van der Waals surface area contributed by atoms with E-state index in [0.717, 1.165) is 102 Å². The molecular formula is C62H120O17P2. The van der Waals surface area contributed by atoms with Gasteiger partial charge in [-0.05, 0) is 37.5 Å². The minimum atomic E-state index is -4.94. The molecule has 0 amide bonds. The molecule has 0 aromatic carbocycles. The Morgan fingerprint density at radius 2 is 0.630 bits per heavy atom. The molecule has 0 spiro atoms. The van der Waals surface area contributed by atoms with Gasteiger partial charge in [-0.25, -0.2) is 9.13 Å². The summed E-state index contributed by atoms with van der Waals surface area (Å²) in [5.74, 6) is -0.740. The van der Waals surface area contributed by atoms with Crippen molar-refractivity contribution in [1.82, 2.24) is 0 Å². The number of rotatable bonds is 61. The van der Waals surface area contributed by atoms with Gasteiger partial charge < -0.3 is 33.8 Å². The number of aliphatic hydroxyl groups is 1. The first kappa shape index (κ1) is 79.1. The summed E-state index contributed by atoms with van der Waals surface area (Å²) in [5, 5.41) is 10.5. The molecule has 0 heterocycles. The molecule has 19 heteroatoms. The average molecular weight is 1200 g/mol. The summed E-state index contributed by atoms with van der Waals surface area (Å²) in [7, 11) is -9.88. The molecule has 0 aromatic heterocycles. The fraction of sp³-hybridized carbons (Fsp3) is 0.935. The molecule has 0 bridgehead atoms. The molecular weight excluding hydrogens is 1080 g/mol. The summed E-state index contributed by atoms with van der Waals surface area (Å²) in [4.78, 5) is 72.1. The molecule has 0 aromatic rings. The van der Waals surface area contributed by atoms with Gasteiger partial charge >= 0.3 is 39.5 Å². The van der Waals surface area contributed by atoms with Crippen LogP contribution in [0.1, 0.15) is 305 Å². The van der Waals surface area contributed by atoms with Crippen LogP contribution in [0.5, 0.6) is 0 Å². The Hall–Kier alpha value is -1.94. The quantitative estimate of drug-likeness (QED) is 0.0222. The smallest absolute Gasteiger partial charge is 0.462 e. The lowest BCUT2D eigenvalue weighted by Gasteiger charge is -2.21. The molecule has 0 radical (unpaired) electrons. The molecule has 0 aliphatic carbocycles. The second-order valence-electron chi connectivity index (χ2n) is 23.2. The van der Waals surface area contributed by atoms with E-state index in [2.05, 4.69) is 41.5 Å². The van der Waals surface area contributed by atoms with Crippen molar-refractivity contribution in [3.05, 3.63) is 0 Å². The first-order valence-corrected chi connectivity index (χ1v) is 35.5. The van der Waals surface area contributed by atoms with Gasteiger partial charge in [0.15, 0.2) is 12.2 Å². The van der Waals surface area contributed by atoms with E-state index in [-0.39, 0.29) is 25.7 Å². The third-order valence-electron chi connectivity index (χ3n) is 14.6. The summed E-state index contributed by atoms with van der Waals surface area (Å²) in [6, 6.07) is 0. The molecule has 480 valence electrons. The second kappa shape index (κ2) is 54.7.